The highest BCUT2D eigenvalue weighted by atomic mass is 35.5. The molecule has 0 aliphatic carbocycles. The number of rotatable bonds is 3. The molecule has 0 saturated heterocycles. The number of hydrogen-bond donors (Lipinski definition) is 1. The van der Waals surface area contributed by atoms with Crippen LogP contribution in [0.5, 0.6) is 0 Å². The third-order valence-corrected chi connectivity index (χ3v) is 3.84. The molecule has 0 bridgehead atoms. The van der Waals surface area contributed by atoms with Crippen LogP contribution in [0.4, 0.5) is 8.78 Å². The maximum absolute atomic E-state index is 13.8. The van der Waals surface area contributed by atoms with E-state index in [0.29, 0.717) is 22.7 Å². The van der Waals surface area contributed by atoms with Crippen molar-refractivity contribution in [3.8, 4) is 0 Å². The van der Waals surface area contributed by atoms with Crippen LogP contribution < -0.4 is 5.73 Å². The first-order valence-corrected chi connectivity index (χ1v) is 6.58. The highest BCUT2D eigenvalue weighted by Crippen LogP contribution is 2.26. The summed E-state index contributed by atoms with van der Waals surface area (Å²) in [6.45, 7) is 3.37. The zero-order valence-electron chi connectivity index (χ0n) is 11.5. The van der Waals surface area contributed by atoms with Gasteiger partial charge in [0.15, 0.2) is 0 Å². The Morgan fingerprint density at radius 3 is 2.50 bits per heavy atom. The van der Waals surface area contributed by atoms with E-state index in [4.69, 9.17) is 17.3 Å². The number of aromatic nitrogens is 2. The first kappa shape index (κ1) is 14.9. The zero-order valence-corrected chi connectivity index (χ0v) is 12.3. The second-order valence-corrected chi connectivity index (χ2v) is 5.28. The van der Waals surface area contributed by atoms with E-state index in [1.165, 1.54) is 6.07 Å². The molecule has 20 heavy (non-hydrogen) atoms. The number of halogens is 3. The van der Waals surface area contributed by atoms with Gasteiger partial charge in [-0.05, 0) is 25.5 Å². The van der Waals surface area contributed by atoms with Gasteiger partial charge in [0.2, 0.25) is 0 Å². The molecule has 2 rings (SSSR count). The Morgan fingerprint density at radius 2 is 1.95 bits per heavy atom. The minimum absolute atomic E-state index is 0.277. The third kappa shape index (κ3) is 2.69. The van der Waals surface area contributed by atoms with Crippen LogP contribution in [0.15, 0.2) is 12.1 Å². The maximum Gasteiger partial charge on any atom is 0.130 e. The van der Waals surface area contributed by atoms with Crippen LogP contribution in [0.3, 0.4) is 0 Å². The van der Waals surface area contributed by atoms with E-state index < -0.39 is 17.7 Å². The minimum atomic E-state index is -0.643. The minimum Gasteiger partial charge on any atom is -0.324 e. The predicted molar refractivity (Wildman–Crippen MR) is 74.7 cm³/mol. The molecule has 1 heterocycles. The molecule has 0 spiro atoms. The van der Waals surface area contributed by atoms with Crippen molar-refractivity contribution in [2.75, 3.05) is 0 Å². The molecular weight excluding hydrogens is 284 g/mol. The van der Waals surface area contributed by atoms with E-state index in [9.17, 15) is 8.78 Å². The van der Waals surface area contributed by atoms with Crippen molar-refractivity contribution in [2.45, 2.75) is 26.3 Å². The molecule has 0 radical (unpaired) electrons. The summed E-state index contributed by atoms with van der Waals surface area (Å²) in [7, 11) is 1.76. The van der Waals surface area contributed by atoms with Gasteiger partial charge in [-0.3, -0.25) is 4.68 Å². The van der Waals surface area contributed by atoms with Gasteiger partial charge in [0.05, 0.1) is 16.4 Å². The van der Waals surface area contributed by atoms with Gasteiger partial charge in [0.1, 0.15) is 11.6 Å². The second kappa shape index (κ2) is 5.50. The van der Waals surface area contributed by atoms with Crippen molar-refractivity contribution in [3.63, 3.8) is 0 Å². The van der Waals surface area contributed by atoms with Crippen molar-refractivity contribution in [3.05, 3.63) is 51.3 Å². The lowest BCUT2D eigenvalue weighted by atomic mass is 10.00. The summed E-state index contributed by atoms with van der Waals surface area (Å²) >= 11 is 6.15. The Bertz CT molecular complexity index is 652. The summed E-state index contributed by atoms with van der Waals surface area (Å²) in [4.78, 5) is 0. The van der Waals surface area contributed by atoms with Crippen LogP contribution in [0.25, 0.3) is 0 Å². The SMILES string of the molecule is Cc1cc(C(N)Cc2c(Cl)c(C)nn2C)c(F)cc1F. The number of aryl methyl sites for hydroxylation is 3. The Morgan fingerprint density at radius 1 is 1.30 bits per heavy atom. The van der Waals surface area contributed by atoms with Crippen molar-refractivity contribution in [2.24, 2.45) is 12.8 Å². The van der Waals surface area contributed by atoms with Gasteiger partial charge < -0.3 is 5.73 Å². The lowest BCUT2D eigenvalue weighted by molar-refractivity contribution is 0.544. The van der Waals surface area contributed by atoms with Crippen molar-refractivity contribution in [1.29, 1.82) is 0 Å². The maximum atomic E-state index is 13.8. The number of nitrogens with two attached hydrogens (primary N) is 1. The largest absolute Gasteiger partial charge is 0.324 e. The highest BCUT2D eigenvalue weighted by molar-refractivity contribution is 6.31. The molecule has 0 amide bonds. The van der Waals surface area contributed by atoms with E-state index >= 15 is 0 Å². The molecule has 0 fully saturated rings. The quantitative estimate of drug-likeness (QED) is 0.946. The molecule has 108 valence electrons. The smallest absolute Gasteiger partial charge is 0.130 e. The monoisotopic (exact) mass is 299 g/mol. The van der Waals surface area contributed by atoms with E-state index in [-0.39, 0.29) is 5.56 Å². The lowest BCUT2D eigenvalue weighted by Crippen LogP contribution is -2.17. The number of benzene rings is 1. The van der Waals surface area contributed by atoms with Crippen LogP contribution in [0, 0.1) is 25.5 Å². The fourth-order valence-electron chi connectivity index (χ4n) is 2.18. The first-order chi connectivity index (χ1) is 9.31. The van der Waals surface area contributed by atoms with Gasteiger partial charge in [0.25, 0.3) is 0 Å². The topological polar surface area (TPSA) is 43.8 Å². The Hall–Kier alpha value is -1.46. The van der Waals surface area contributed by atoms with Crippen LogP contribution in [0.2, 0.25) is 5.02 Å². The highest BCUT2D eigenvalue weighted by Gasteiger charge is 2.19. The van der Waals surface area contributed by atoms with E-state index in [1.54, 1.807) is 25.6 Å². The fourth-order valence-corrected chi connectivity index (χ4v) is 2.42. The van der Waals surface area contributed by atoms with Crippen LogP contribution in [-0.4, -0.2) is 9.78 Å². The Labute approximate surface area is 121 Å². The van der Waals surface area contributed by atoms with Crippen LogP contribution in [0.1, 0.15) is 28.6 Å². The second-order valence-electron chi connectivity index (χ2n) is 4.90. The molecule has 2 N–H and O–H groups in total. The molecule has 1 unspecified atom stereocenters. The van der Waals surface area contributed by atoms with E-state index in [0.717, 1.165) is 11.8 Å². The summed E-state index contributed by atoms with van der Waals surface area (Å²) < 4.78 is 28.7. The first-order valence-electron chi connectivity index (χ1n) is 6.20. The van der Waals surface area contributed by atoms with Crippen LogP contribution >= 0.6 is 11.6 Å². The fraction of sp³-hybridized carbons (Fsp3) is 0.357. The van der Waals surface area contributed by atoms with Gasteiger partial charge >= 0.3 is 0 Å². The van der Waals surface area contributed by atoms with Gasteiger partial charge in [-0.25, -0.2) is 8.78 Å². The van der Waals surface area contributed by atoms with Gasteiger partial charge in [-0.2, -0.15) is 5.10 Å². The summed E-state index contributed by atoms with van der Waals surface area (Å²) in [6.07, 6.45) is 0.332. The normalized spacial score (nSPS) is 12.8. The van der Waals surface area contributed by atoms with Crippen LogP contribution in [-0.2, 0) is 13.5 Å². The van der Waals surface area contributed by atoms with E-state index in [2.05, 4.69) is 5.10 Å². The molecule has 1 aromatic carbocycles. The number of nitrogens with zero attached hydrogens (tertiary/aromatic N) is 2. The lowest BCUT2D eigenvalue weighted by Gasteiger charge is -2.14. The summed E-state index contributed by atoms with van der Waals surface area (Å²) in [5.74, 6) is -1.22. The Balaban J connectivity index is 2.33. The average molecular weight is 300 g/mol. The summed E-state index contributed by atoms with van der Waals surface area (Å²) in [5, 5.41) is 4.72. The molecule has 0 saturated carbocycles. The predicted octanol–water partition coefficient (Wildman–Crippen LogP) is 3.21. The van der Waals surface area contributed by atoms with Crippen molar-refractivity contribution in [1.82, 2.24) is 9.78 Å². The third-order valence-electron chi connectivity index (χ3n) is 3.35. The zero-order chi connectivity index (χ0) is 15.0. The molecule has 1 aromatic heterocycles. The van der Waals surface area contributed by atoms with Crippen molar-refractivity contribution >= 4 is 11.6 Å². The molecule has 0 aliphatic rings. The number of hydrogen-bond acceptors (Lipinski definition) is 2. The molecule has 3 nitrogen and oxygen atoms in total. The summed E-state index contributed by atoms with van der Waals surface area (Å²) in [6, 6.07) is 1.69. The van der Waals surface area contributed by atoms with Gasteiger partial charge in [0, 0.05) is 31.1 Å². The Kier molecular flexibility index (Phi) is 4.11. The molecule has 0 aliphatic heterocycles. The van der Waals surface area contributed by atoms with Gasteiger partial charge in [-0.15, -0.1) is 0 Å². The van der Waals surface area contributed by atoms with E-state index in [1.807, 2.05) is 0 Å². The molecule has 2 aromatic rings. The molecule has 6 heteroatoms. The molecular formula is C14H16ClF2N3. The van der Waals surface area contributed by atoms with Gasteiger partial charge in [-0.1, -0.05) is 11.6 Å². The van der Waals surface area contributed by atoms with Crippen molar-refractivity contribution < 1.29 is 8.78 Å². The standard InChI is InChI=1S/C14H16ClF2N3/c1-7-4-9(11(17)5-10(7)16)12(18)6-13-14(15)8(2)19-20(13)3/h4-5,12H,6,18H2,1-3H3. The average Bonchev–Trinajstić information content (AvgIpc) is 2.60. The summed E-state index contributed by atoms with van der Waals surface area (Å²) in [5.41, 5.74) is 8.11. The molecule has 1 atom stereocenters.